The minimum Gasteiger partial charge on any atom is -0.497 e. The highest BCUT2D eigenvalue weighted by atomic mass is 16.6. The second-order valence-corrected chi connectivity index (χ2v) is 4.74. The van der Waals surface area contributed by atoms with Crippen molar-refractivity contribution in [2.45, 2.75) is 32.2 Å². The van der Waals surface area contributed by atoms with Crippen LogP contribution in [0.1, 0.15) is 25.8 Å². The quantitative estimate of drug-likeness (QED) is 0.630. The first-order chi connectivity index (χ1) is 7.83. The molecule has 5 nitrogen and oxygen atoms in total. The van der Waals surface area contributed by atoms with Gasteiger partial charge in [-0.05, 0) is 38.8 Å². The molecular formula is C12H18N2O3. The minimum atomic E-state index is -0.377. The van der Waals surface area contributed by atoms with Gasteiger partial charge in [-0.3, -0.25) is 10.1 Å². The number of hydrogen-bond donors (Lipinski definition) is 1. The minimum absolute atomic E-state index is 0.120. The maximum Gasteiger partial charge on any atom is 0.272 e. The van der Waals surface area contributed by atoms with Crippen molar-refractivity contribution in [1.82, 2.24) is 0 Å². The normalized spacial score (nSPS) is 11.3. The van der Waals surface area contributed by atoms with E-state index in [1.165, 1.54) is 13.2 Å². The molecule has 0 atom stereocenters. The third-order valence-electron chi connectivity index (χ3n) is 2.52. The molecule has 0 aliphatic carbocycles. The molecule has 5 heteroatoms. The highest BCUT2D eigenvalue weighted by Gasteiger charge is 2.17. The Hall–Kier alpha value is -1.62. The lowest BCUT2D eigenvalue weighted by atomic mass is 9.96. The van der Waals surface area contributed by atoms with Gasteiger partial charge in [-0.15, -0.1) is 0 Å². The Bertz CT molecular complexity index is 411. The standard InChI is InChI=1S/C12H18N2O3/c1-12(2,13)7-6-9-8-10(17-3)4-5-11(9)14(15)16/h4-5,8H,6-7,13H2,1-3H3. The van der Waals surface area contributed by atoms with Crippen molar-refractivity contribution in [2.75, 3.05) is 7.11 Å². The van der Waals surface area contributed by atoms with Crippen LogP contribution in [0.25, 0.3) is 0 Å². The lowest BCUT2D eigenvalue weighted by molar-refractivity contribution is -0.385. The average Bonchev–Trinajstić information content (AvgIpc) is 2.24. The molecule has 2 N–H and O–H groups in total. The molecular weight excluding hydrogens is 220 g/mol. The fourth-order valence-corrected chi connectivity index (χ4v) is 1.52. The van der Waals surface area contributed by atoms with Gasteiger partial charge in [0.15, 0.2) is 0 Å². The van der Waals surface area contributed by atoms with Crippen LogP contribution in [0.3, 0.4) is 0 Å². The second kappa shape index (κ2) is 5.14. The lowest BCUT2D eigenvalue weighted by Crippen LogP contribution is -2.32. The van der Waals surface area contributed by atoms with Gasteiger partial charge in [0, 0.05) is 17.2 Å². The highest BCUT2D eigenvalue weighted by Crippen LogP contribution is 2.26. The summed E-state index contributed by atoms with van der Waals surface area (Å²) in [5.41, 5.74) is 6.32. The van der Waals surface area contributed by atoms with Crippen molar-refractivity contribution in [3.63, 3.8) is 0 Å². The summed E-state index contributed by atoms with van der Waals surface area (Å²) in [6, 6.07) is 4.76. The molecule has 0 aromatic heterocycles. The van der Waals surface area contributed by atoms with E-state index in [2.05, 4.69) is 0 Å². The number of nitrogens with two attached hydrogens (primary N) is 1. The van der Waals surface area contributed by atoms with Gasteiger partial charge in [-0.2, -0.15) is 0 Å². The number of aryl methyl sites for hydroxylation is 1. The van der Waals surface area contributed by atoms with Gasteiger partial charge in [-0.1, -0.05) is 0 Å². The number of hydrogen-bond acceptors (Lipinski definition) is 4. The van der Waals surface area contributed by atoms with Gasteiger partial charge in [0.2, 0.25) is 0 Å². The first-order valence-corrected chi connectivity index (χ1v) is 5.43. The molecule has 0 aliphatic heterocycles. The maximum atomic E-state index is 10.9. The molecule has 0 amide bonds. The fraction of sp³-hybridized carbons (Fsp3) is 0.500. The summed E-state index contributed by atoms with van der Waals surface area (Å²) in [7, 11) is 1.54. The van der Waals surface area contributed by atoms with E-state index in [4.69, 9.17) is 10.5 Å². The molecule has 0 heterocycles. The topological polar surface area (TPSA) is 78.4 Å². The summed E-state index contributed by atoms with van der Waals surface area (Å²) in [5.74, 6) is 0.625. The molecule has 94 valence electrons. The predicted octanol–water partition coefficient (Wildman–Crippen LogP) is 2.27. The number of rotatable bonds is 5. The highest BCUT2D eigenvalue weighted by molar-refractivity contribution is 5.45. The zero-order valence-electron chi connectivity index (χ0n) is 10.4. The summed E-state index contributed by atoms with van der Waals surface area (Å²) < 4.78 is 5.07. The summed E-state index contributed by atoms with van der Waals surface area (Å²) in [6.45, 7) is 3.80. The largest absolute Gasteiger partial charge is 0.497 e. The Kier molecular flexibility index (Phi) is 4.07. The van der Waals surface area contributed by atoms with E-state index < -0.39 is 0 Å². The number of benzene rings is 1. The number of nitro benzene ring substituents is 1. The monoisotopic (exact) mass is 238 g/mol. The first kappa shape index (κ1) is 13.4. The van der Waals surface area contributed by atoms with Crippen molar-refractivity contribution < 1.29 is 9.66 Å². The van der Waals surface area contributed by atoms with E-state index in [0.29, 0.717) is 24.2 Å². The molecule has 0 saturated heterocycles. The Morgan fingerprint density at radius 2 is 2.12 bits per heavy atom. The SMILES string of the molecule is COc1ccc([N+](=O)[O-])c(CCC(C)(C)N)c1. The zero-order valence-corrected chi connectivity index (χ0v) is 10.4. The molecule has 1 aromatic carbocycles. The van der Waals surface area contributed by atoms with E-state index in [0.717, 1.165) is 0 Å². The van der Waals surface area contributed by atoms with Crippen LogP contribution in [0.2, 0.25) is 0 Å². The van der Waals surface area contributed by atoms with Crippen LogP contribution in [-0.4, -0.2) is 17.6 Å². The fourth-order valence-electron chi connectivity index (χ4n) is 1.52. The van der Waals surface area contributed by atoms with Crippen molar-refractivity contribution in [1.29, 1.82) is 0 Å². The number of nitrogens with zero attached hydrogens (tertiary/aromatic N) is 1. The Morgan fingerprint density at radius 3 is 2.59 bits per heavy atom. The van der Waals surface area contributed by atoms with Gasteiger partial charge in [0.1, 0.15) is 5.75 Å². The van der Waals surface area contributed by atoms with E-state index in [-0.39, 0.29) is 16.1 Å². The van der Waals surface area contributed by atoms with Crippen LogP contribution in [-0.2, 0) is 6.42 Å². The molecule has 1 rings (SSSR count). The molecule has 0 spiro atoms. The molecule has 0 unspecified atom stereocenters. The Balaban J connectivity index is 2.97. The van der Waals surface area contributed by atoms with Crippen LogP contribution in [0.4, 0.5) is 5.69 Å². The molecule has 0 bridgehead atoms. The number of nitro groups is 1. The van der Waals surface area contributed by atoms with Crippen molar-refractivity contribution in [3.05, 3.63) is 33.9 Å². The average molecular weight is 238 g/mol. The third kappa shape index (κ3) is 4.03. The summed E-state index contributed by atoms with van der Waals surface area (Å²) in [4.78, 5) is 10.5. The van der Waals surface area contributed by atoms with Crippen LogP contribution in [0.15, 0.2) is 18.2 Å². The van der Waals surface area contributed by atoms with Crippen LogP contribution in [0, 0.1) is 10.1 Å². The van der Waals surface area contributed by atoms with Gasteiger partial charge in [0.05, 0.1) is 12.0 Å². The van der Waals surface area contributed by atoms with E-state index in [1.807, 2.05) is 13.8 Å². The van der Waals surface area contributed by atoms with Crippen LogP contribution >= 0.6 is 0 Å². The van der Waals surface area contributed by atoms with Crippen LogP contribution in [0.5, 0.6) is 5.75 Å². The van der Waals surface area contributed by atoms with Crippen molar-refractivity contribution >= 4 is 5.69 Å². The Labute approximate surface area is 101 Å². The van der Waals surface area contributed by atoms with Crippen LogP contribution < -0.4 is 10.5 Å². The van der Waals surface area contributed by atoms with Gasteiger partial charge >= 0.3 is 0 Å². The molecule has 0 fully saturated rings. The molecule has 0 saturated carbocycles. The molecule has 1 aromatic rings. The van der Waals surface area contributed by atoms with E-state index in [9.17, 15) is 10.1 Å². The molecule has 17 heavy (non-hydrogen) atoms. The van der Waals surface area contributed by atoms with E-state index >= 15 is 0 Å². The Morgan fingerprint density at radius 1 is 1.47 bits per heavy atom. The second-order valence-electron chi connectivity index (χ2n) is 4.74. The van der Waals surface area contributed by atoms with Gasteiger partial charge in [-0.25, -0.2) is 0 Å². The zero-order chi connectivity index (χ0) is 13.1. The molecule has 0 aliphatic rings. The van der Waals surface area contributed by atoms with Gasteiger partial charge < -0.3 is 10.5 Å². The maximum absolute atomic E-state index is 10.9. The summed E-state index contributed by atoms with van der Waals surface area (Å²) >= 11 is 0. The molecule has 0 radical (unpaired) electrons. The third-order valence-corrected chi connectivity index (χ3v) is 2.52. The van der Waals surface area contributed by atoms with E-state index in [1.54, 1.807) is 12.1 Å². The lowest BCUT2D eigenvalue weighted by Gasteiger charge is -2.18. The van der Waals surface area contributed by atoms with Gasteiger partial charge in [0.25, 0.3) is 5.69 Å². The number of methoxy groups -OCH3 is 1. The summed E-state index contributed by atoms with van der Waals surface area (Å²) in [6.07, 6.45) is 1.25. The number of ether oxygens (including phenoxy) is 1. The summed E-state index contributed by atoms with van der Waals surface area (Å²) in [5, 5.41) is 10.9. The smallest absolute Gasteiger partial charge is 0.272 e. The van der Waals surface area contributed by atoms with Crippen molar-refractivity contribution in [2.24, 2.45) is 5.73 Å². The predicted molar refractivity (Wildman–Crippen MR) is 66.2 cm³/mol. The first-order valence-electron chi connectivity index (χ1n) is 5.43. The van der Waals surface area contributed by atoms with Crippen molar-refractivity contribution in [3.8, 4) is 5.75 Å².